The summed E-state index contributed by atoms with van der Waals surface area (Å²) in [5.41, 5.74) is 12.5. The van der Waals surface area contributed by atoms with E-state index in [-0.39, 0.29) is 11.0 Å². The third-order valence-corrected chi connectivity index (χ3v) is 13.0. The average Bonchev–Trinajstić information content (AvgIpc) is 3.66. The van der Waals surface area contributed by atoms with Crippen LogP contribution in [0, 0.1) is 6.54 Å². The van der Waals surface area contributed by atoms with Crippen molar-refractivity contribution in [3.63, 3.8) is 0 Å². The Bertz CT molecular complexity index is 1990. The van der Waals surface area contributed by atoms with Gasteiger partial charge in [-0.15, -0.1) is 5.41 Å². The molecule has 0 unspecified atom stereocenters. The Morgan fingerprint density at radius 2 is 1.31 bits per heavy atom. The van der Waals surface area contributed by atoms with Crippen LogP contribution in [0.5, 0.6) is 5.75 Å². The van der Waals surface area contributed by atoms with Crippen molar-refractivity contribution in [1.82, 2.24) is 4.90 Å². The van der Waals surface area contributed by atoms with E-state index < -0.39 is 13.5 Å². The second-order valence-electron chi connectivity index (χ2n) is 16.3. The number of fused-ring (bicyclic) bond motifs is 2. The van der Waals surface area contributed by atoms with E-state index in [1.807, 2.05) is 10.7 Å². The van der Waals surface area contributed by atoms with Crippen LogP contribution >= 0.6 is 19.4 Å². The number of benzene rings is 5. The second kappa shape index (κ2) is 18.3. The number of hydrogen-bond acceptors (Lipinski definition) is 3. The van der Waals surface area contributed by atoms with E-state index >= 15 is 0 Å². The summed E-state index contributed by atoms with van der Waals surface area (Å²) >= 11 is -1.85. The fourth-order valence-electron chi connectivity index (χ4n) is 8.72. The van der Waals surface area contributed by atoms with E-state index in [9.17, 15) is 0 Å². The number of ether oxygens (including phenoxy) is 1. The molecule has 1 heterocycles. The molecule has 3 nitrogen and oxygen atoms in total. The molecule has 1 fully saturated rings. The first-order valence-electron chi connectivity index (χ1n) is 19.6. The molecule has 1 aliphatic carbocycles. The van der Waals surface area contributed by atoms with Gasteiger partial charge in [0.1, 0.15) is 5.75 Å². The van der Waals surface area contributed by atoms with Crippen LogP contribution in [0.15, 0.2) is 121 Å². The van der Waals surface area contributed by atoms with Crippen LogP contribution in [-0.4, -0.2) is 22.2 Å². The van der Waals surface area contributed by atoms with Crippen LogP contribution in [0.25, 0.3) is 0 Å². The molecule has 0 saturated carbocycles. The summed E-state index contributed by atoms with van der Waals surface area (Å²) < 4.78 is 7.73. The Kier molecular flexibility index (Phi) is 13.8. The van der Waals surface area contributed by atoms with Crippen molar-refractivity contribution in [3.8, 4) is 5.75 Å². The molecule has 6 heteroatoms. The predicted octanol–water partition coefficient (Wildman–Crippen LogP) is 12.9. The van der Waals surface area contributed by atoms with Crippen molar-refractivity contribution in [2.75, 3.05) is 12.0 Å². The van der Waals surface area contributed by atoms with Crippen molar-refractivity contribution < 1.29 is 18.3 Å². The molecular formula is C49H57Cl2N2ORu-. The maximum atomic E-state index is 6.12. The summed E-state index contributed by atoms with van der Waals surface area (Å²) in [4.78, 5) is 5.09. The molecule has 55 heavy (non-hydrogen) atoms. The zero-order valence-electron chi connectivity index (χ0n) is 33.5. The van der Waals surface area contributed by atoms with Gasteiger partial charge in [-0.25, -0.2) is 6.54 Å². The Labute approximate surface area is 344 Å². The summed E-state index contributed by atoms with van der Waals surface area (Å²) in [5.74, 6) is 2.05. The third-order valence-electron chi connectivity index (χ3n) is 11.2. The number of methoxy groups -OCH3 is 1. The molecule has 1 atom stereocenters. The number of rotatable bonds is 11. The van der Waals surface area contributed by atoms with E-state index in [4.69, 9.17) is 24.1 Å². The molecule has 292 valence electrons. The predicted molar refractivity (Wildman–Crippen MR) is 232 cm³/mol. The molecule has 1 spiro atoms. The number of halogens is 2. The average molecular weight is 862 g/mol. The Morgan fingerprint density at radius 1 is 0.745 bits per heavy atom. The van der Waals surface area contributed by atoms with Gasteiger partial charge in [-0.3, -0.25) is 0 Å². The number of hydrogen-bond donors (Lipinski definition) is 0. The standard InChI is InChI=1S/C27H36NO.C22H21N.2ClH.Ru/c1-18(2)20-10-8-11-21(19(3)4)25(20)28-17-27(16-26(28,5)6)15-14-22-23(27)12-9-13-24(22)29-7;1-19-10-8-9-15-22(19)18-23(16-20-11-4-2-5-12-20)17-21-13-6-3-7-14-21;;;/h8-13,17-19H,14-16H2,1-7H3;1-15H,16-18H2;2*1H;/q-1;;;;+2/p-2/t27-;;;;/m0..../s1. The summed E-state index contributed by atoms with van der Waals surface area (Å²) in [6.45, 7) is 19.3. The fraction of sp³-hybridized carbons (Fsp3) is 0.347. The molecule has 2 aliphatic rings. The van der Waals surface area contributed by atoms with Crippen LogP contribution in [0.2, 0.25) is 0 Å². The summed E-state index contributed by atoms with van der Waals surface area (Å²) in [7, 11) is 14.0. The van der Waals surface area contributed by atoms with E-state index in [1.54, 1.807) is 7.11 Å². The van der Waals surface area contributed by atoms with Gasteiger partial charge >= 0.3 is 169 Å². The van der Waals surface area contributed by atoms with Crippen LogP contribution in [-0.2, 0) is 45.0 Å². The van der Waals surface area contributed by atoms with E-state index in [1.165, 1.54) is 51.1 Å². The van der Waals surface area contributed by atoms with E-state index in [0.29, 0.717) is 11.8 Å². The molecule has 0 aromatic heterocycles. The summed E-state index contributed by atoms with van der Waals surface area (Å²) in [6.07, 6.45) is 3.41. The zero-order chi connectivity index (χ0) is 39.2. The number of nitrogens with zero attached hydrogens (tertiary/aromatic N) is 2. The molecule has 0 radical (unpaired) electrons. The van der Waals surface area contributed by atoms with Crippen LogP contribution in [0.4, 0.5) is 5.69 Å². The molecule has 5 aromatic rings. The van der Waals surface area contributed by atoms with Gasteiger partial charge in [-0.2, -0.15) is 0 Å². The van der Waals surface area contributed by atoms with Crippen molar-refractivity contribution in [2.45, 2.75) is 103 Å². The molecule has 0 bridgehead atoms. The van der Waals surface area contributed by atoms with Crippen LogP contribution in [0.3, 0.4) is 0 Å². The van der Waals surface area contributed by atoms with Gasteiger partial charge in [0, 0.05) is 11.2 Å². The van der Waals surface area contributed by atoms with Crippen molar-refractivity contribution in [1.29, 1.82) is 0 Å². The van der Waals surface area contributed by atoms with Gasteiger partial charge < -0.3 is 9.64 Å². The Morgan fingerprint density at radius 3 is 1.87 bits per heavy atom. The van der Waals surface area contributed by atoms with Crippen LogP contribution < -0.4 is 9.64 Å². The van der Waals surface area contributed by atoms with Gasteiger partial charge in [0.05, 0.1) is 7.11 Å². The first-order valence-corrected chi connectivity index (χ1v) is 25.0. The molecule has 5 aromatic carbocycles. The Hall–Kier alpha value is -3.27. The second-order valence-corrected chi connectivity index (χ2v) is 22.1. The molecule has 1 saturated heterocycles. The SMILES string of the molecule is COc1cccc2c1CC[C@]21[CH-]N(c2c(C(C)C)cccc2C(C)C)C(C)(C)C1.[Cl][Ru]([Cl])=[CH]c1ccccc1CN(Cc1ccccc1)Cc1ccccc1. The van der Waals surface area contributed by atoms with Crippen molar-refractivity contribution in [3.05, 3.63) is 172 Å². The minimum atomic E-state index is -1.85. The van der Waals surface area contributed by atoms with Gasteiger partial charge in [0.2, 0.25) is 0 Å². The van der Waals surface area contributed by atoms with Crippen molar-refractivity contribution >= 4 is 29.7 Å². The minimum absolute atomic E-state index is 0.0688. The summed E-state index contributed by atoms with van der Waals surface area (Å²) in [5, 5.41) is 0. The normalized spacial score (nSPS) is 17.4. The number of para-hydroxylation sites is 1. The van der Waals surface area contributed by atoms with Crippen molar-refractivity contribution in [2.24, 2.45) is 0 Å². The maximum absolute atomic E-state index is 6.12. The third kappa shape index (κ3) is 9.83. The monoisotopic (exact) mass is 861 g/mol. The van der Waals surface area contributed by atoms with Gasteiger partial charge in [0.25, 0.3) is 0 Å². The molecular weight excluding hydrogens is 805 g/mol. The fourth-order valence-corrected chi connectivity index (χ4v) is 10.6. The molecule has 7 rings (SSSR count). The van der Waals surface area contributed by atoms with Gasteiger partial charge in [0.15, 0.2) is 0 Å². The van der Waals surface area contributed by atoms with E-state index in [0.717, 1.165) is 43.8 Å². The van der Waals surface area contributed by atoms with E-state index in [2.05, 4.69) is 173 Å². The molecule has 0 amide bonds. The first kappa shape index (κ1) is 41.4. The van der Waals surface area contributed by atoms with Gasteiger partial charge in [-0.1, -0.05) is 70.0 Å². The number of anilines is 1. The zero-order valence-corrected chi connectivity index (χ0v) is 36.8. The Balaban J connectivity index is 0.000000188. The summed E-state index contributed by atoms with van der Waals surface area (Å²) in [6, 6.07) is 43.1. The van der Waals surface area contributed by atoms with Crippen LogP contribution in [0.1, 0.15) is 111 Å². The quantitative estimate of drug-likeness (QED) is 0.0972. The first-order chi connectivity index (χ1) is 26.4. The topological polar surface area (TPSA) is 15.7 Å². The molecule has 0 N–H and O–H groups in total. The van der Waals surface area contributed by atoms with Gasteiger partial charge in [-0.05, 0) is 61.3 Å². The molecule has 1 aliphatic heterocycles.